The summed E-state index contributed by atoms with van der Waals surface area (Å²) in [6, 6.07) is 6.40. The lowest BCUT2D eigenvalue weighted by Crippen LogP contribution is -2.41. The number of ether oxygens (including phenoxy) is 2. The van der Waals surface area contributed by atoms with E-state index in [9.17, 15) is 5.11 Å². The van der Waals surface area contributed by atoms with Gasteiger partial charge in [0.25, 0.3) is 0 Å². The maximum atomic E-state index is 9.54. The number of nitrogens with one attached hydrogen (secondary N) is 1. The molecule has 0 spiro atoms. The lowest BCUT2D eigenvalue weighted by molar-refractivity contribution is 0.147. The number of hydrogen-bond donors (Lipinski definition) is 2. The van der Waals surface area contributed by atoms with Gasteiger partial charge in [-0.2, -0.15) is 0 Å². The van der Waals surface area contributed by atoms with Crippen molar-refractivity contribution in [1.82, 2.24) is 5.32 Å². The summed E-state index contributed by atoms with van der Waals surface area (Å²) in [6.07, 6.45) is 4.69. The van der Waals surface area contributed by atoms with Crippen molar-refractivity contribution in [1.29, 1.82) is 0 Å². The number of benzene rings is 1. The Morgan fingerprint density at radius 3 is 2.67 bits per heavy atom. The molecule has 0 bridgehead atoms. The van der Waals surface area contributed by atoms with Crippen LogP contribution in [0, 0.1) is 5.92 Å². The molecule has 1 saturated carbocycles. The van der Waals surface area contributed by atoms with Gasteiger partial charge in [-0.15, -0.1) is 0 Å². The molecule has 0 heterocycles. The quantitative estimate of drug-likeness (QED) is 0.847. The van der Waals surface area contributed by atoms with Crippen molar-refractivity contribution < 1.29 is 14.6 Å². The Kier molecular flexibility index (Phi) is 5.88. The van der Waals surface area contributed by atoms with Gasteiger partial charge in [-0.1, -0.05) is 12.8 Å². The van der Waals surface area contributed by atoms with E-state index < -0.39 is 0 Å². The van der Waals surface area contributed by atoms with E-state index >= 15 is 0 Å². The lowest BCUT2D eigenvalue weighted by atomic mass is 9.84. The Hall–Kier alpha value is -1.26. The fourth-order valence-corrected chi connectivity index (χ4v) is 3.23. The van der Waals surface area contributed by atoms with Gasteiger partial charge in [-0.25, -0.2) is 0 Å². The van der Waals surface area contributed by atoms with Gasteiger partial charge in [0.05, 0.1) is 14.2 Å². The Balaban J connectivity index is 2.13. The maximum absolute atomic E-state index is 9.54. The zero-order valence-corrected chi connectivity index (χ0v) is 13.3. The molecule has 0 amide bonds. The van der Waals surface area contributed by atoms with Gasteiger partial charge in [0.2, 0.25) is 0 Å². The highest BCUT2D eigenvalue weighted by molar-refractivity contribution is 5.42. The molecule has 0 saturated heterocycles. The van der Waals surface area contributed by atoms with Crippen LogP contribution >= 0.6 is 0 Å². The van der Waals surface area contributed by atoms with Crippen molar-refractivity contribution >= 4 is 0 Å². The van der Waals surface area contributed by atoms with Crippen LogP contribution in [0.15, 0.2) is 18.2 Å². The van der Waals surface area contributed by atoms with Crippen LogP contribution in [-0.4, -0.2) is 32.0 Å². The van der Waals surface area contributed by atoms with E-state index in [1.54, 1.807) is 14.2 Å². The summed E-state index contributed by atoms with van der Waals surface area (Å²) in [5.74, 6) is 2.06. The molecule has 21 heavy (non-hydrogen) atoms. The molecular weight excluding hydrogens is 266 g/mol. The first-order chi connectivity index (χ1) is 10.2. The molecule has 3 unspecified atom stereocenters. The number of aliphatic hydroxyl groups excluding tert-OH is 1. The Morgan fingerprint density at radius 1 is 1.24 bits per heavy atom. The zero-order valence-electron chi connectivity index (χ0n) is 13.3. The number of rotatable bonds is 6. The Labute approximate surface area is 127 Å². The lowest BCUT2D eigenvalue weighted by Gasteiger charge is -2.33. The van der Waals surface area contributed by atoms with Crippen LogP contribution in [0.5, 0.6) is 11.5 Å². The topological polar surface area (TPSA) is 50.7 Å². The van der Waals surface area contributed by atoms with E-state index in [4.69, 9.17) is 9.47 Å². The zero-order chi connectivity index (χ0) is 15.2. The minimum absolute atomic E-state index is 0.159. The molecule has 0 aromatic heterocycles. The van der Waals surface area contributed by atoms with Crippen molar-refractivity contribution in [3.63, 3.8) is 0 Å². The van der Waals surface area contributed by atoms with Gasteiger partial charge in [0.15, 0.2) is 0 Å². The minimum atomic E-state index is 0.159. The third-order valence-corrected chi connectivity index (χ3v) is 4.51. The van der Waals surface area contributed by atoms with E-state index in [-0.39, 0.29) is 12.6 Å². The molecule has 0 radical (unpaired) electrons. The van der Waals surface area contributed by atoms with Gasteiger partial charge < -0.3 is 19.9 Å². The van der Waals surface area contributed by atoms with Crippen LogP contribution in [0.3, 0.4) is 0 Å². The van der Waals surface area contributed by atoms with Crippen LogP contribution < -0.4 is 14.8 Å². The van der Waals surface area contributed by atoms with Gasteiger partial charge in [-0.3, -0.25) is 0 Å². The molecule has 4 heteroatoms. The van der Waals surface area contributed by atoms with E-state index in [0.29, 0.717) is 12.0 Å². The second-order valence-corrected chi connectivity index (χ2v) is 5.83. The fraction of sp³-hybridized carbons (Fsp3) is 0.647. The largest absolute Gasteiger partial charge is 0.497 e. The molecule has 2 rings (SSSR count). The second-order valence-electron chi connectivity index (χ2n) is 5.83. The predicted octanol–water partition coefficient (Wildman–Crippen LogP) is 2.91. The normalized spacial score (nSPS) is 23.6. The van der Waals surface area contributed by atoms with E-state index in [1.165, 1.54) is 12.8 Å². The molecule has 1 aliphatic rings. The van der Waals surface area contributed by atoms with Crippen molar-refractivity contribution in [2.45, 2.75) is 44.7 Å². The van der Waals surface area contributed by atoms with Crippen molar-refractivity contribution in [3.05, 3.63) is 23.8 Å². The van der Waals surface area contributed by atoms with Crippen LogP contribution in [0.2, 0.25) is 0 Å². The van der Waals surface area contributed by atoms with Crippen LogP contribution in [0.25, 0.3) is 0 Å². The first-order valence-corrected chi connectivity index (χ1v) is 7.78. The summed E-state index contributed by atoms with van der Waals surface area (Å²) in [5.41, 5.74) is 1.10. The summed E-state index contributed by atoms with van der Waals surface area (Å²) in [7, 11) is 3.36. The molecule has 2 N–H and O–H groups in total. The monoisotopic (exact) mass is 293 g/mol. The van der Waals surface area contributed by atoms with Crippen LogP contribution in [-0.2, 0) is 0 Å². The summed E-state index contributed by atoms with van der Waals surface area (Å²) in [5, 5.41) is 13.2. The molecule has 4 nitrogen and oxygen atoms in total. The van der Waals surface area contributed by atoms with Gasteiger partial charge in [0, 0.05) is 24.3 Å². The molecule has 1 aromatic rings. The standard InChI is InChI=1S/C17H27NO3/c1-12(18-16-7-5-4-6-13(16)11-19)15-10-14(20-2)8-9-17(15)21-3/h8-10,12-13,16,18-19H,4-7,11H2,1-3H3. The average molecular weight is 293 g/mol. The van der Waals surface area contributed by atoms with Gasteiger partial charge >= 0.3 is 0 Å². The maximum Gasteiger partial charge on any atom is 0.123 e. The van der Waals surface area contributed by atoms with Crippen LogP contribution in [0.1, 0.15) is 44.2 Å². The Bertz CT molecular complexity index is 450. The number of aliphatic hydroxyl groups is 1. The van der Waals surface area contributed by atoms with Gasteiger partial charge in [-0.05, 0) is 43.9 Å². The predicted molar refractivity (Wildman–Crippen MR) is 83.9 cm³/mol. The molecule has 0 aliphatic heterocycles. The third-order valence-electron chi connectivity index (χ3n) is 4.51. The minimum Gasteiger partial charge on any atom is -0.497 e. The SMILES string of the molecule is COc1ccc(OC)c(C(C)NC2CCCCC2CO)c1. The summed E-state index contributed by atoms with van der Waals surface area (Å²) in [6.45, 7) is 2.40. The van der Waals surface area contributed by atoms with Crippen molar-refractivity contribution in [2.24, 2.45) is 5.92 Å². The Morgan fingerprint density at radius 2 is 2.00 bits per heavy atom. The highest BCUT2D eigenvalue weighted by Crippen LogP contribution is 2.32. The fourth-order valence-electron chi connectivity index (χ4n) is 3.23. The highest BCUT2D eigenvalue weighted by Gasteiger charge is 2.26. The second kappa shape index (κ2) is 7.66. The summed E-state index contributed by atoms with van der Waals surface area (Å²) >= 11 is 0. The van der Waals surface area contributed by atoms with Crippen molar-refractivity contribution in [3.8, 4) is 11.5 Å². The molecule has 1 aliphatic carbocycles. The molecule has 3 atom stereocenters. The summed E-state index contributed by atoms with van der Waals surface area (Å²) < 4.78 is 10.8. The molecule has 1 fully saturated rings. The van der Waals surface area contributed by atoms with E-state index in [2.05, 4.69) is 12.2 Å². The number of methoxy groups -OCH3 is 2. The van der Waals surface area contributed by atoms with E-state index in [0.717, 1.165) is 29.9 Å². The molecular formula is C17H27NO3. The van der Waals surface area contributed by atoms with E-state index in [1.807, 2.05) is 18.2 Å². The van der Waals surface area contributed by atoms with Crippen LogP contribution in [0.4, 0.5) is 0 Å². The highest BCUT2D eigenvalue weighted by atomic mass is 16.5. The van der Waals surface area contributed by atoms with Gasteiger partial charge in [0.1, 0.15) is 11.5 Å². The summed E-state index contributed by atoms with van der Waals surface area (Å²) in [4.78, 5) is 0. The first kappa shape index (κ1) is 16.1. The van der Waals surface area contributed by atoms with Crippen molar-refractivity contribution in [2.75, 3.05) is 20.8 Å². The number of hydrogen-bond acceptors (Lipinski definition) is 4. The molecule has 1 aromatic carbocycles. The molecule has 118 valence electrons. The first-order valence-electron chi connectivity index (χ1n) is 7.78. The smallest absolute Gasteiger partial charge is 0.123 e. The average Bonchev–Trinajstić information content (AvgIpc) is 2.54. The third kappa shape index (κ3) is 3.89.